The molecule has 1 aromatic rings. The number of nitro benzene ring substituents is 1. The third-order valence-electron chi connectivity index (χ3n) is 3.13. The van der Waals surface area contributed by atoms with Crippen LogP contribution in [-0.2, 0) is 0 Å². The molecule has 1 rings (SSSR count). The lowest BCUT2D eigenvalue weighted by Gasteiger charge is -2.19. The van der Waals surface area contributed by atoms with Crippen LogP contribution in [0.3, 0.4) is 0 Å². The molecule has 1 N–H and O–H groups in total. The van der Waals surface area contributed by atoms with Gasteiger partial charge in [-0.1, -0.05) is 13.8 Å². The van der Waals surface area contributed by atoms with Crippen molar-refractivity contribution in [1.82, 2.24) is 4.90 Å². The van der Waals surface area contributed by atoms with Crippen molar-refractivity contribution >= 4 is 11.4 Å². The van der Waals surface area contributed by atoms with Gasteiger partial charge in [-0.3, -0.25) is 10.1 Å². The summed E-state index contributed by atoms with van der Waals surface area (Å²) in [5, 5.41) is 14.1. The van der Waals surface area contributed by atoms with Crippen LogP contribution >= 0.6 is 0 Å². The number of hydrogen-bond acceptors (Lipinski definition) is 5. The molecule has 112 valence electrons. The van der Waals surface area contributed by atoms with Crippen molar-refractivity contribution in [3.63, 3.8) is 0 Å². The van der Waals surface area contributed by atoms with Gasteiger partial charge in [-0.25, -0.2) is 0 Å². The van der Waals surface area contributed by atoms with Crippen LogP contribution in [0.1, 0.15) is 20.3 Å². The number of ether oxygens (including phenoxy) is 1. The first kappa shape index (κ1) is 16.2. The van der Waals surface area contributed by atoms with Gasteiger partial charge < -0.3 is 15.0 Å². The number of nitrogens with one attached hydrogen (secondary N) is 1. The van der Waals surface area contributed by atoms with E-state index in [9.17, 15) is 10.1 Å². The SMILES string of the molecule is CCCN(CC)CCNc1cc(OC)ccc1[N+](=O)[O-]. The largest absolute Gasteiger partial charge is 0.497 e. The van der Waals surface area contributed by atoms with Crippen LogP contribution in [0.4, 0.5) is 11.4 Å². The van der Waals surface area contributed by atoms with Gasteiger partial charge in [0.25, 0.3) is 5.69 Å². The quantitative estimate of drug-likeness (QED) is 0.557. The van der Waals surface area contributed by atoms with E-state index in [0.717, 1.165) is 26.1 Å². The number of nitro groups is 1. The van der Waals surface area contributed by atoms with E-state index in [-0.39, 0.29) is 10.6 Å². The standard InChI is InChI=1S/C14H23N3O3/c1-4-9-16(5-2)10-8-15-13-11-12(20-3)6-7-14(13)17(18)19/h6-7,11,15H,4-5,8-10H2,1-3H3. The van der Waals surface area contributed by atoms with Crippen molar-refractivity contribution in [3.05, 3.63) is 28.3 Å². The summed E-state index contributed by atoms with van der Waals surface area (Å²) in [6.45, 7) is 7.81. The van der Waals surface area contributed by atoms with Gasteiger partial charge in [0.1, 0.15) is 11.4 Å². The minimum atomic E-state index is -0.384. The molecule has 0 heterocycles. The fourth-order valence-electron chi connectivity index (χ4n) is 2.04. The van der Waals surface area contributed by atoms with Crippen LogP contribution in [0.2, 0.25) is 0 Å². The molecule has 0 aliphatic heterocycles. The zero-order valence-electron chi connectivity index (χ0n) is 12.4. The Morgan fingerprint density at radius 3 is 2.65 bits per heavy atom. The van der Waals surface area contributed by atoms with Gasteiger partial charge in [0, 0.05) is 25.2 Å². The number of anilines is 1. The summed E-state index contributed by atoms with van der Waals surface area (Å²) in [5.74, 6) is 0.610. The molecule has 1 aromatic carbocycles. The van der Waals surface area contributed by atoms with Crippen molar-refractivity contribution in [2.45, 2.75) is 20.3 Å². The monoisotopic (exact) mass is 281 g/mol. The molecule has 0 radical (unpaired) electrons. The van der Waals surface area contributed by atoms with Gasteiger partial charge in [0.2, 0.25) is 0 Å². The van der Waals surface area contributed by atoms with Gasteiger partial charge >= 0.3 is 0 Å². The van der Waals surface area contributed by atoms with Gasteiger partial charge in [0.05, 0.1) is 12.0 Å². The second-order valence-electron chi connectivity index (χ2n) is 4.50. The van der Waals surface area contributed by atoms with E-state index in [0.29, 0.717) is 18.0 Å². The third kappa shape index (κ3) is 4.70. The summed E-state index contributed by atoms with van der Waals surface area (Å²) in [6, 6.07) is 4.72. The topological polar surface area (TPSA) is 67.6 Å². The van der Waals surface area contributed by atoms with E-state index < -0.39 is 0 Å². The molecule has 6 heteroatoms. The Hall–Kier alpha value is -1.82. The van der Waals surface area contributed by atoms with Crippen molar-refractivity contribution in [2.75, 3.05) is 38.6 Å². The maximum absolute atomic E-state index is 11.0. The summed E-state index contributed by atoms with van der Waals surface area (Å²) < 4.78 is 5.10. The Kier molecular flexibility index (Phi) is 6.79. The minimum Gasteiger partial charge on any atom is -0.497 e. The average Bonchev–Trinajstić information content (AvgIpc) is 2.45. The predicted molar refractivity (Wildman–Crippen MR) is 80.5 cm³/mol. The average molecular weight is 281 g/mol. The molecule has 0 fully saturated rings. The lowest BCUT2D eigenvalue weighted by atomic mass is 10.2. The summed E-state index contributed by atoms with van der Waals surface area (Å²) in [7, 11) is 1.55. The zero-order valence-corrected chi connectivity index (χ0v) is 12.4. The summed E-state index contributed by atoms with van der Waals surface area (Å²) in [4.78, 5) is 12.9. The van der Waals surface area contributed by atoms with E-state index in [1.807, 2.05) is 0 Å². The van der Waals surface area contributed by atoms with Gasteiger partial charge in [0.15, 0.2) is 0 Å². The van der Waals surface area contributed by atoms with Crippen LogP contribution in [0, 0.1) is 10.1 Å². The molecule has 0 aromatic heterocycles. The lowest BCUT2D eigenvalue weighted by molar-refractivity contribution is -0.384. The van der Waals surface area contributed by atoms with Crippen molar-refractivity contribution in [2.24, 2.45) is 0 Å². The van der Waals surface area contributed by atoms with Crippen LogP contribution in [0.5, 0.6) is 5.75 Å². The van der Waals surface area contributed by atoms with E-state index >= 15 is 0 Å². The molecular formula is C14H23N3O3. The van der Waals surface area contributed by atoms with Gasteiger partial charge in [-0.2, -0.15) is 0 Å². The normalized spacial score (nSPS) is 10.6. The number of nitrogens with zero attached hydrogens (tertiary/aromatic N) is 2. The van der Waals surface area contributed by atoms with E-state index in [2.05, 4.69) is 24.1 Å². The minimum absolute atomic E-state index is 0.0735. The number of hydrogen-bond donors (Lipinski definition) is 1. The highest BCUT2D eigenvalue weighted by Gasteiger charge is 2.14. The molecule has 0 aliphatic rings. The maximum atomic E-state index is 11.0. The predicted octanol–water partition coefficient (Wildman–Crippen LogP) is 2.75. The van der Waals surface area contributed by atoms with Gasteiger partial charge in [-0.15, -0.1) is 0 Å². The molecule has 0 aliphatic carbocycles. The highest BCUT2D eigenvalue weighted by molar-refractivity contribution is 5.64. The van der Waals surface area contributed by atoms with E-state index in [1.165, 1.54) is 6.07 Å². The van der Waals surface area contributed by atoms with E-state index in [1.54, 1.807) is 19.2 Å². The van der Waals surface area contributed by atoms with Gasteiger partial charge in [-0.05, 0) is 25.6 Å². The Morgan fingerprint density at radius 2 is 2.10 bits per heavy atom. The number of likely N-dealkylation sites (N-methyl/N-ethyl adjacent to an activating group) is 1. The Balaban J connectivity index is 2.67. The number of benzene rings is 1. The Labute approximate surface area is 119 Å². The highest BCUT2D eigenvalue weighted by atomic mass is 16.6. The molecule has 0 atom stereocenters. The van der Waals surface area contributed by atoms with Crippen LogP contribution in [-0.4, -0.2) is 43.1 Å². The number of rotatable bonds is 9. The lowest BCUT2D eigenvalue weighted by Crippen LogP contribution is -2.29. The van der Waals surface area contributed by atoms with Crippen LogP contribution in [0.15, 0.2) is 18.2 Å². The third-order valence-corrected chi connectivity index (χ3v) is 3.13. The van der Waals surface area contributed by atoms with Crippen molar-refractivity contribution in [1.29, 1.82) is 0 Å². The van der Waals surface area contributed by atoms with Crippen LogP contribution < -0.4 is 10.1 Å². The Bertz CT molecular complexity index is 438. The maximum Gasteiger partial charge on any atom is 0.292 e. The zero-order chi connectivity index (χ0) is 15.0. The molecule has 0 saturated heterocycles. The molecule has 0 spiro atoms. The summed E-state index contributed by atoms with van der Waals surface area (Å²) >= 11 is 0. The summed E-state index contributed by atoms with van der Waals surface area (Å²) in [5.41, 5.74) is 0.575. The van der Waals surface area contributed by atoms with Crippen molar-refractivity contribution in [3.8, 4) is 5.75 Å². The molecule has 0 amide bonds. The molecular weight excluding hydrogens is 258 g/mol. The summed E-state index contributed by atoms with van der Waals surface area (Å²) in [6.07, 6.45) is 1.10. The molecule has 0 bridgehead atoms. The van der Waals surface area contributed by atoms with Crippen LogP contribution in [0.25, 0.3) is 0 Å². The smallest absolute Gasteiger partial charge is 0.292 e. The fraction of sp³-hybridized carbons (Fsp3) is 0.571. The molecule has 6 nitrogen and oxygen atoms in total. The van der Waals surface area contributed by atoms with Crippen molar-refractivity contribution < 1.29 is 9.66 Å². The number of methoxy groups -OCH3 is 1. The first-order valence-corrected chi connectivity index (χ1v) is 6.91. The fourth-order valence-corrected chi connectivity index (χ4v) is 2.04. The molecule has 0 saturated carbocycles. The first-order valence-electron chi connectivity index (χ1n) is 6.91. The first-order chi connectivity index (χ1) is 9.62. The molecule has 20 heavy (non-hydrogen) atoms. The second-order valence-corrected chi connectivity index (χ2v) is 4.50. The molecule has 0 unspecified atom stereocenters. The highest BCUT2D eigenvalue weighted by Crippen LogP contribution is 2.28. The Morgan fingerprint density at radius 1 is 1.35 bits per heavy atom. The second kappa shape index (κ2) is 8.37. The van der Waals surface area contributed by atoms with E-state index in [4.69, 9.17) is 4.74 Å².